The van der Waals surface area contributed by atoms with Crippen LogP contribution in [0.2, 0.25) is 0 Å². The first-order valence-electron chi connectivity index (χ1n) is 8.00. The number of nitrogens with zero attached hydrogens (tertiary/aromatic N) is 2. The summed E-state index contributed by atoms with van der Waals surface area (Å²) < 4.78 is 26.4. The molecule has 0 spiro atoms. The molecule has 0 radical (unpaired) electrons. The third-order valence-electron chi connectivity index (χ3n) is 4.66. The molecule has 2 fully saturated rings. The second-order valence-corrected chi connectivity index (χ2v) is 6.29. The van der Waals surface area contributed by atoms with Crippen LogP contribution in [0.15, 0.2) is 18.2 Å². The van der Waals surface area contributed by atoms with Gasteiger partial charge in [0.2, 0.25) is 11.8 Å². The SMILES string of the molecule is C#C[C@@H]1CCCN(C(=O)[C@H]2CC(=O)N(c3ccc(F)c(F)c3)C2)C1. The molecule has 24 heavy (non-hydrogen) atoms. The minimum absolute atomic E-state index is 0.0575. The van der Waals surface area contributed by atoms with E-state index >= 15 is 0 Å². The lowest BCUT2D eigenvalue weighted by Gasteiger charge is -2.32. The van der Waals surface area contributed by atoms with Crippen molar-refractivity contribution in [2.45, 2.75) is 19.3 Å². The van der Waals surface area contributed by atoms with Crippen molar-refractivity contribution < 1.29 is 18.4 Å². The summed E-state index contributed by atoms with van der Waals surface area (Å²) in [7, 11) is 0. The van der Waals surface area contributed by atoms with Gasteiger partial charge in [0.05, 0.1) is 5.92 Å². The number of halogens is 2. The van der Waals surface area contributed by atoms with E-state index in [-0.39, 0.29) is 36.4 Å². The van der Waals surface area contributed by atoms with Crippen LogP contribution < -0.4 is 4.90 Å². The number of hydrogen-bond donors (Lipinski definition) is 0. The molecule has 2 saturated heterocycles. The minimum atomic E-state index is -1.01. The number of hydrogen-bond acceptors (Lipinski definition) is 2. The molecule has 2 heterocycles. The first kappa shape index (κ1) is 16.4. The number of anilines is 1. The molecule has 0 aromatic heterocycles. The molecule has 4 nitrogen and oxygen atoms in total. The average molecular weight is 332 g/mol. The van der Waals surface area contributed by atoms with Gasteiger partial charge in [0.25, 0.3) is 0 Å². The van der Waals surface area contributed by atoms with Gasteiger partial charge in [0.15, 0.2) is 11.6 Å². The Morgan fingerprint density at radius 2 is 2.04 bits per heavy atom. The molecule has 0 aliphatic carbocycles. The Hall–Kier alpha value is -2.42. The molecule has 126 valence electrons. The Balaban J connectivity index is 1.71. The normalized spacial score (nSPS) is 24.1. The Morgan fingerprint density at radius 3 is 2.75 bits per heavy atom. The van der Waals surface area contributed by atoms with E-state index in [9.17, 15) is 18.4 Å². The summed E-state index contributed by atoms with van der Waals surface area (Å²) in [4.78, 5) is 27.9. The van der Waals surface area contributed by atoms with Gasteiger partial charge in [0, 0.05) is 43.7 Å². The molecule has 0 unspecified atom stereocenters. The first-order chi connectivity index (χ1) is 11.5. The van der Waals surface area contributed by atoms with Crippen LogP contribution in [0.1, 0.15) is 19.3 Å². The highest BCUT2D eigenvalue weighted by Gasteiger charge is 2.38. The highest BCUT2D eigenvalue weighted by Crippen LogP contribution is 2.28. The number of benzene rings is 1. The number of terminal acetylenes is 1. The van der Waals surface area contributed by atoms with E-state index in [2.05, 4.69) is 5.92 Å². The zero-order valence-electron chi connectivity index (χ0n) is 13.2. The van der Waals surface area contributed by atoms with Crippen LogP contribution in [0.25, 0.3) is 0 Å². The maximum absolute atomic E-state index is 13.4. The van der Waals surface area contributed by atoms with Crippen LogP contribution in [-0.4, -0.2) is 36.3 Å². The fourth-order valence-corrected chi connectivity index (χ4v) is 3.35. The zero-order valence-corrected chi connectivity index (χ0v) is 13.2. The van der Waals surface area contributed by atoms with Crippen LogP contribution in [0.3, 0.4) is 0 Å². The lowest BCUT2D eigenvalue weighted by molar-refractivity contribution is -0.137. The second-order valence-electron chi connectivity index (χ2n) is 6.29. The summed E-state index contributed by atoms with van der Waals surface area (Å²) in [5.41, 5.74) is 0.273. The summed E-state index contributed by atoms with van der Waals surface area (Å²) in [6, 6.07) is 3.31. The molecule has 6 heteroatoms. The number of amides is 2. The fraction of sp³-hybridized carbons (Fsp3) is 0.444. The molecule has 2 amide bonds. The minimum Gasteiger partial charge on any atom is -0.341 e. The summed E-state index contributed by atoms with van der Waals surface area (Å²) in [5.74, 6) is -0.0529. The predicted octanol–water partition coefficient (Wildman–Crippen LogP) is 2.19. The van der Waals surface area contributed by atoms with E-state index < -0.39 is 17.6 Å². The monoisotopic (exact) mass is 332 g/mol. The fourth-order valence-electron chi connectivity index (χ4n) is 3.35. The molecular formula is C18H18F2N2O2. The van der Waals surface area contributed by atoms with Crippen molar-refractivity contribution in [3.8, 4) is 12.3 Å². The standard InChI is InChI=1S/C18H18F2N2O2/c1-2-12-4-3-7-21(10-12)18(24)13-8-17(23)22(11-13)14-5-6-15(19)16(20)9-14/h1,5-6,9,12-13H,3-4,7-8,10-11H2/t12-,13+/m1/s1. The van der Waals surface area contributed by atoms with E-state index in [4.69, 9.17) is 6.42 Å². The Bertz CT molecular complexity index is 713. The van der Waals surface area contributed by atoms with Gasteiger partial charge < -0.3 is 9.80 Å². The van der Waals surface area contributed by atoms with Crippen molar-refractivity contribution in [1.29, 1.82) is 0 Å². The third kappa shape index (κ3) is 3.12. The third-order valence-corrected chi connectivity index (χ3v) is 4.66. The van der Waals surface area contributed by atoms with Crippen molar-refractivity contribution in [1.82, 2.24) is 4.90 Å². The topological polar surface area (TPSA) is 40.6 Å². The highest BCUT2D eigenvalue weighted by molar-refractivity contribution is 6.00. The molecule has 2 aliphatic rings. The summed E-state index contributed by atoms with van der Waals surface area (Å²) >= 11 is 0. The molecule has 0 saturated carbocycles. The Kier molecular flexibility index (Phi) is 4.52. The smallest absolute Gasteiger partial charge is 0.228 e. The number of likely N-dealkylation sites (tertiary alicyclic amines) is 1. The van der Waals surface area contributed by atoms with Crippen LogP contribution in [-0.2, 0) is 9.59 Å². The van der Waals surface area contributed by atoms with Crippen LogP contribution in [0.4, 0.5) is 14.5 Å². The first-order valence-corrected chi connectivity index (χ1v) is 8.00. The Labute approximate surface area is 139 Å². The maximum atomic E-state index is 13.4. The van der Waals surface area contributed by atoms with Gasteiger partial charge in [-0.1, -0.05) is 0 Å². The van der Waals surface area contributed by atoms with E-state index in [1.807, 2.05) is 0 Å². The molecular weight excluding hydrogens is 314 g/mol. The number of rotatable bonds is 2. The lowest BCUT2D eigenvalue weighted by atomic mass is 9.97. The molecule has 0 N–H and O–H groups in total. The van der Waals surface area contributed by atoms with Gasteiger partial charge in [-0.2, -0.15) is 0 Å². The van der Waals surface area contributed by atoms with Gasteiger partial charge in [0.1, 0.15) is 0 Å². The quantitative estimate of drug-likeness (QED) is 0.779. The van der Waals surface area contributed by atoms with Crippen molar-refractivity contribution in [3.63, 3.8) is 0 Å². The average Bonchev–Trinajstić information content (AvgIpc) is 2.98. The van der Waals surface area contributed by atoms with Gasteiger partial charge in [-0.25, -0.2) is 8.78 Å². The van der Waals surface area contributed by atoms with Gasteiger partial charge in [-0.15, -0.1) is 12.3 Å². The summed E-state index contributed by atoms with van der Waals surface area (Å²) in [6.07, 6.45) is 7.29. The van der Waals surface area contributed by atoms with Crippen molar-refractivity contribution in [3.05, 3.63) is 29.8 Å². The summed E-state index contributed by atoms with van der Waals surface area (Å²) in [6.45, 7) is 1.35. The second kappa shape index (κ2) is 6.60. The molecule has 1 aromatic carbocycles. The predicted molar refractivity (Wildman–Crippen MR) is 85.0 cm³/mol. The molecule has 3 rings (SSSR count). The van der Waals surface area contributed by atoms with Crippen molar-refractivity contribution in [2.24, 2.45) is 11.8 Å². The number of carbonyl (C=O) groups excluding carboxylic acids is 2. The maximum Gasteiger partial charge on any atom is 0.228 e. The van der Waals surface area contributed by atoms with E-state index in [1.165, 1.54) is 11.0 Å². The van der Waals surface area contributed by atoms with E-state index in [0.29, 0.717) is 13.1 Å². The largest absolute Gasteiger partial charge is 0.341 e. The molecule has 0 bridgehead atoms. The van der Waals surface area contributed by atoms with Crippen molar-refractivity contribution in [2.75, 3.05) is 24.5 Å². The van der Waals surface area contributed by atoms with Gasteiger partial charge >= 0.3 is 0 Å². The molecule has 1 aromatic rings. The van der Waals surface area contributed by atoms with Crippen LogP contribution in [0, 0.1) is 35.8 Å². The molecule has 2 aliphatic heterocycles. The molecule has 2 atom stereocenters. The zero-order chi connectivity index (χ0) is 17.3. The van der Waals surface area contributed by atoms with Crippen LogP contribution in [0.5, 0.6) is 0 Å². The van der Waals surface area contributed by atoms with Crippen LogP contribution >= 0.6 is 0 Å². The van der Waals surface area contributed by atoms with E-state index in [1.54, 1.807) is 4.90 Å². The Morgan fingerprint density at radius 1 is 1.25 bits per heavy atom. The van der Waals surface area contributed by atoms with E-state index in [0.717, 1.165) is 25.0 Å². The number of piperidine rings is 1. The highest BCUT2D eigenvalue weighted by atomic mass is 19.2. The lowest BCUT2D eigenvalue weighted by Crippen LogP contribution is -2.43. The van der Waals surface area contributed by atoms with Gasteiger partial charge in [-0.05, 0) is 25.0 Å². The van der Waals surface area contributed by atoms with Gasteiger partial charge in [-0.3, -0.25) is 9.59 Å². The summed E-state index contributed by atoms with van der Waals surface area (Å²) in [5, 5.41) is 0. The number of carbonyl (C=O) groups is 2. The van der Waals surface area contributed by atoms with Crippen molar-refractivity contribution >= 4 is 17.5 Å².